The molecule has 0 radical (unpaired) electrons. The molecule has 0 aliphatic carbocycles. The third-order valence-electron chi connectivity index (χ3n) is 2.03. The van der Waals surface area contributed by atoms with Gasteiger partial charge in [0, 0.05) is 12.2 Å². The molecule has 1 aromatic carbocycles. The van der Waals surface area contributed by atoms with Crippen LogP contribution in [0.3, 0.4) is 0 Å². The molecule has 1 amide bonds. The molecule has 15 heavy (non-hydrogen) atoms. The van der Waals surface area contributed by atoms with Crippen molar-refractivity contribution in [1.29, 1.82) is 0 Å². The van der Waals surface area contributed by atoms with Gasteiger partial charge in [0.15, 0.2) is 0 Å². The van der Waals surface area contributed by atoms with Crippen LogP contribution in [0.5, 0.6) is 0 Å². The van der Waals surface area contributed by atoms with Crippen molar-refractivity contribution >= 4 is 39.9 Å². The Morgan fingerprint density at radius 1 is 1.40 bits per heavy atom. The van der Waals surface area contributed by atoms with E-state index in [2.05, 4.69) is 10.6 Å². The van der Waals surface area contributed by atoms with Crippen LogP contribution in [0, 0.1) is 0 Å². The number of amides is 1. The molecule has 0 spiro atoms. The van der Waals surface area contributed by atoms with Crippen molar-refractivity contribution in [3.05, 3.63) is 30.3 Å². The summed E-state index contributed by atoms with van der Waals surface area (Å²) in [4.78, 5) is 11.3. The summed E-state index contributed by atoms with van der Waals surface area (Å²) in [7, 11) is 0. The number of para-hydroxylation sites is 1. The van der Waals surface area contributed by atoms with Gasteiger partial charge in [-0.15, -0.1) is 0 Å². The van der Waals surface area contributed by atoms with Gasteiger partial charge in [0.2, 0.25) is 5.91 Å². The molecule has 0 aromatic heterocycles. The zero-order valence-electron chi connectivity index (χ0n) is 7.90. The molecule has 78 valence electrons. The first-order valence-electron chi connectivity index (χ1n) is 4.56. The third-order valence-corrected chi connectivity index (χ3v) is 3.40. The van der Waals surface area contributed by atoms with Gasteiger partial charge in [-0.1, -0.05) is 42.2 Å². The monoisotopic (exact) mass is 238 g/mol. The van der Waals surface area contributed by atoms with E-state index in [1.165, 1.54) is 11.8 Å². The average molecular weight is 238 g/mol. The molecule has 1 aliphatic heterocycles. The molecule has 0 saturated carbocycles. The number of carbonyl (C=O) groups excluding carboxylic acids is 1. The Kier molecular flexibility index (Phi) is 3.23. The number of nitrogens with one attached hydrogen (secondary N) is 2. The van der Waals surface area contributed by atoms with Gasteiger partial charge in [0.25, 0.3) is 0 Å². The van der Waals surface area contributed by atoms with Gasteiger partial charge in [-0.2, -0.15) is 0 Å². The topological polar surface area (TPSA) is 41.1 Å². The highest BCUT2D eigenvalue weighted by Gasteiger charge is 2.28. The molecule has 1 heterocycles. The Bertz CT molecular complexity index is 380. The number of carbonyl (C=O) groups is 1. The Hall–Kier alpha value is -1.07. The Labute approximate surface area is 97.6 Å². The van der Waals surface area contributed by atoms with Crippen LogP contribution in [0.2, 0.25) is 0 Å². The van der Waals surface area contributed by atoms with Crippen molar-refractivity contribution in [3.63, 3.8) is 0 Å². The highest BCUT2D eigenvalue weighted by Crippen LogP contribution is 2.19. The van der Waals surface area contributed by atoms with E-state index in [-0.39, 0.29) is 11.2 Å². The summed E-state index contributed by atoms with van der Waals surface area (Å²) in [6.45, 7) is 0.598. The van der Waals surface area contributed by atoms with E-state index >= 15 is 0 Å². The average Bonchev–Trinajstić information content (AvgIpc) is 2.56. The maximum absolute atomic E-state index is 11.3. The number of rotatable bonds is 3. The molecule has 3 nitrogen and oxygen atoms in total. The van der Waals surface area contributed by atoms with E-state index in [0.717, 1.165) is 5.69 Å². The summed E-state index contributed by atoms with van der Waals surface area (Å²) in [6, 6.07) is 9.80. The van der Waals surface area contributed by atoms with Crippen LogP contribution in [0.1, 0.15) is 0 Å². The highest BCUT2D eigenvalue weighted by atomic mass is 32.2. The minimum atomic E-state index is -0.113. The van der Waals surface area contributed by atoms with Crippen LogP contribution in [-0.2, 0) is 4.79 Å². The number of hydrogen-bond acceptors (Lipinski definition) is 4. The minimum Gasteiger partial charge on any atom is -0.383 e. The molecule has 1 aliphatic rings. The zero-order chi connectivity index (χ0) is 10.7. The normalized spacial score (nSPS) is 20.1. The van der Waals surface area contributed by atoms with E-state index in [0.29, 0.717) is 10.9 Å². The van der Waals surface area contributed by atoms with Crippen molar-refractivity contribution in [2.45, 2.75) is 5.25 Å². The van der Waals surface area contributed by atoms with Crippen molar-refractivity contribution in [3.8, 4) is 0 Å². The van der Waals surface area contributed by atoms with Gasteiger partial charge in [-0.05, 0) is 12.1 Å². The number of benzene rings is 1. The van der Waals surface area contributed by atoms with Gasteiger partial charge >= 0.3 is 0 Å². The van der Waals surface area contributed by atoms with Crippen molar-refractivity contribution in [2.24, 2.45) is 0 Å². The van der Waals surface area contributed by atoms with E-state index in [1.807, 2.05) is 30.3 Å². The molecule has 1 unspecified atom stereocenters. The van der Waals surface area contributed by atoms with Gasteiger partial charge in [-0.25, -0.2) is 0 Å². The van der Waals surface area contributed by atoms with Crippen molar-refractivity contribution < 1.29 is 4.79 Å². The molecule has 1 saturated heterocycles. The fourth-order valence-electron chi connectivity index (χ4n) is 1.29. The highest BCUT2D eigenvalue weighted by molar-refractivity contribution is 8.24. The van der Waals surface area contributed by atoms with E-state index in [1.54, 1.807) is 0 Å². The lowest BCUT2D eigenvalue weighted by molar-refractivity contribution is -0.118. The number of hydrogen-bond donors (Lipinski definition) is 2. The van der Waals surface area contributed by atoms with Gasteiger partial charge in [0.05, 0.1) is 0 Å². The van der Waals surface area contributed by atoms with Crippen LogP contribution >= 0.6 is 24.0 Å². The van der Waals surface area contributed by atoms with Gasteiger partial charge in [-0.3, -0.25) is 4.79 Å². The lowest BCUT2D eigenvalue weighted by atomic mass is 10.3. The van der Waals surface area contributed by atoms with Gasteiger partial charge in [0.1, 0.15) is 9.57 Å². The molecule has 0 bridgehead atoms. The number of thiocarbonyl (C=S) groups is 1. The SMILES string of the molecule is O=C1NC(=S)SC1CNc1ccccc1. The van der Waals surface area contributed by atoms with Crippen molar-refractivity contribution in [1.82, 2.24) is 5.32 Å². The first kappa shape index (κ1) is 10.4. The summed E-state index contributed by atoms with van der Waals surface area (Å²) in [6.07, 6.45) is 0. The summed E-state index contributed by atoms with van der Waals surface area (Å²) < 4.78 is 0.569. The third kappa shape index (κ3) is 2.70. The molecule has 1 atom stereocenters. The van der Waals surface area contributed by atoms with Crippen molar-refractivity contribution in [2.75, 3.05) is 11.9 Å². The smallest absolute Gasteiger partial charge is 0.240 e. The molecule has 1 fully saturated rings. The van der Waals surface area contributed by atoms with Crippen LogP contribution in [0.4, 0.5) is 5.69 Å². The summed E-state index contributed by atoms with van der Waals surface area (Å²) in [5.74, 6) is -0.00608. The second-order valence-electron chi connectivity index (χ2n) is 3.13. The molecule has 2 N–H and O–H groups in total. The summed E-state index contributed by atoms with van der Waals surface area (Å²) in [5, 5.41) is 5.70. The second kappa shape index (κ2) is 4.63. The summed E-state index contributed by atoms with van der Waals surface area (Å²) >= 11 is 6.31. The molecular weight excluding hydrogens is 228 g/mol. The molecule has 1 aromatic rings. The van der Waals surface area contributed by atoms with Gasteiger partial charge < -0.3 is 10.6 Å². The second-order valence-corrected chi connectivity index (χ2v) is 5.01. The predicted molar refractivity (Wildman–Crippen MR) is 67.1 cm³/mol. The fourth-order valence-corrected chi connectivity index (χ4v) is 2.49. The van der Waals surface area contributed by atoms with Crippen LogP contribution in [0.25, 0.3) is 0 Å². The van der Waals surface area contributed by atoms with E-state index < -0.39 is 0 Å². The first-order valence-corrected chi connectivity index (χ1v) is 5.85. The maximum atomic E-state index is 11.3. The Balaban J connectivity index is 1.89. The lowest BCUT2D eigenvalue weighted by Crippen LogP contribution is -2.28. The zero-order valence-corrected chi connectivity index (χ0v) is 9.53. The molecule has 2 rings (SSSR count). The molecular formula is C10H10N2OS2. The van der Waals surface area contributed by atoms with E-state index in [4.69, 9.17) is 12.2 Å². The quantitative estimate of drug-likeness (QED) is 0.785. The minimum absolute atomic E-state index is 0.00608. The van der Waals surface area contributed by atoms with Crippen LogP contribution in [0.15, 0.2) is 30.3 Å². The summed E-state index contributed by atoms with van der Waals surface area (Å²) in [5.41, 5.74) is 1.02. The molecule has 5 heteroatoms. The van der Waals surface area contributed by atoms with E-state index in [9.17, 15) is 4.79 Å². The Morgan fingerprint density at radius 2 is 2.13 bits per heavy atom. The fraction of sp³-hybridized carbons (Fsp3) is 0.200. The lowest BCUT2D eigenvalue weighted by Gasteiger charge is -2.08. The standard InChI is InChI=1S/C10H10N2OS2/c13-9-8(15-10(14)12-9)6-11-7-4-2-1-3-5-7/h1-5,8,11H,6H2,(H,12,13,14). The first-order chi connectivity index (χ1) is 7.25. The number of thioether (sulfide) groups is 1. The Morgan fingerprint density at radius 3 is 2.73 bits per heavy atom. The van der Waals surface area contributed by atoms with Crippen LogP contribution in [-0.4, -0.2) is 22.0 Å². The predicted octanol–water partition coefficient (Wildman–Crippen LogP) is 1.61. The van der Waals surface area contributed by atoms with Crippen LogP contribution < -0.4 is 10.6 Å². The maximum Gasteiger partial charge on any atom is 0.240 e. The largest absolute Gasteiger partial charge is 0.383 e. The number of anilines is 1.